The van der Waals surface area contributed by atoms with Crippen LogP contribution in [0.4, 0.5) is 5.69 Å². The lowest BCUT2D eigenvalue weighted by molar-refractivity contribution is -0.115. The van der Waals surface area contributed by atoms with Gasteiger partial charge < -0.3 is 10.1 Å². The highest BCUT2D eigenvalue weighted by Crippen LogP contribution is 2.16. The van der Waals surface area contributed by atoms with Crippen molar-refractivity contribution in [1.82, 2.24) is 5.32 Å². The first kappa shape index (κ1) is 18.2. The first-order valence-electron chi connectivity index (χ1n) is 7.74. The largest absolute Gasteiger partial charge is 0.494 e. The van der Waals surface area contributed by atoms with E-state index in [4.69, 9.17) is 17.0 Å². The molecule has 1 amide bonds. The highest BCUT2D eigenvalue weighted by Gasteiger charge is 2.02. The van der Waals surface area contributed by atoms with Crippen LogP contribution in [0.15, 0.2) is 47.9 Å². The normalized spacial score (nSPS) is 10.5. The number of carbonyl (C=O) groups excluding carboxylic acids is 1. The zero-order chi connectivity index (χ0) is 17.2. The monoisotopic (exact) mass is 360 g/mol. The SMILES string of the molecule is CCCCOc1ccc(NC(=S)NC(=O)C=Cc2cccs2)cc1. The minimum absolute atomic E-state index is 0.260. The zero-order valence-corrected chi connectivity index (χ0v) is 15.1. The minimum Gasteiger partial charge on any atom is -0.494 e. The van der Waals surface area contributed by atoms with Gasteiger partial charge in [0.1, 0.15) is 5.75 Å². The second-order valence-corrected chi connectivity index (χ2v) is 6.41. The molecule has 0 aliphatic carbocycles. The first-order chi connectivity index (χ1) is 11.7. The molecule has 0 saturated heterocycles. The summed E-state index contributed by atoms with van der Waals surface area (Å²) < 4.78 is 5.60. The maximum Gasteiger partial charge on any atom is 0.250 e. The van der Waals surface area contributed by atoms with Crippen molar-refractivity contribution in [2.45, 2.75) is 19.8 Å². The molecule has 1 aromatic heterocycles. The molecule has 24 heavy (non-hydrogen) atoms. The minimum atomic E-state index is -0.264. The summed E-state index contributed by atoms with van der Waals surface area (Å²) in [6.45, 7) is 2.84. The highest BCUT2D eigenvalue weighted by molar-refractivity contribution is 7.80. The molecule has 0 radical (unpaired) electrons. The Morgan fingerprint density at radius 3 is 2.75 bits per heavy atom. The van der Waals surface area contributed by atoms with Crippen molar-refractivity contribution in [1.29, 1.82) is 0 Å². The molecule has 4 nitrogen and oxygen atoms in total. The molecule has 0 aliphatic heterocycles. The molecule has 0 bridgehead atoms. The van der Waals surface area contributed by atoms with E-state index in [1.165, 1.54) is 6.08 Å². The number of benzene rings is 1. The summed E-state index contributed by atoms with van der Waals surface area (Å²) in [5, 5.41) is 7.81. The van der Waals surface area contributed by atoms with Gasteiger partial charge in [0, 0.05) is 16.6 Å². The second-order valence-electron chi connectivity index (χ2n) is 5.02. The van der Waals surface area contributed by atoms with Gasteiger partial charge in [0.2, 0.25) is 5.91 Å². The number of unbranched alkanes of at least 4 members (excludes halogenated alkanes) is 1. The molecule has 126 valence electrons. The number of nitrogens with one attached hydrogen (secondary N) is 2. The third-order valence-electron chi connectivity index (χ3n) is 3.06. The fraction of sp³-hybridized carbons (Fsp3) is 0.222. The molecule has 2 rings (SSSR count). The van der Waals surface area contributed by atoms with Crippen LogP contribution in [0.5, 0.6) is 5.75 Å². The number of hydrogen-bond donors (Lipinski definition) is 2. The summed E-state index contributed by atoms with van der Waals surface area (Å²) in [6.07, 6.45) is 5.36. The molecule has 0 unspecified atom stereocenters. The zero-order valence-electron chi connectivity index (χ0n) is 13.5. The van der Waals surface area contributed by atoms with Gasteiger partial charge in [0.05, 0.1) is 6.61 Å². The van der Waals surface area contributed by atoms with E-state index >= 15 is 0 Å². The lowest BCUT2D eigenvalue weighted by atomic mass is 10.3. The average molecular weight is 361 g/mol. The predicted molar refractivity (Wildman–Crippen MR) is 105 cm³/mol. The van der Waals surface area contributed by atoms with Gasteiger partial charge in [-0.3, -0.25) is 10.1 Å². The maximum absolute atomic E-state index is 11.8. The van der Waals surface area contributed by atoms with Crippen molar-refractivity contribution < 1.29 is 9.53 Å². The lowest BCUT2D eigenvalue weighted by Gasteiger charge is -2.09. The molecule has 2 N–H and O–H groups in total. The summed E-state index contributed by atoms with van der Waals surface area (Å²) in [6, 6.07) is 11.3. The molecule has 0 spiro atoms. The Morgan fingerprint density at radius 2 is 2.08 bits per heavy atom. The quantitative estimate of drug-likeness (QED) is 0.435. The molecule has 6 heteroatoms. The van der Waals surface area contributed by atoms with Crippen LogP contribution in [0.25, 0.3) is 6.08 Å². The van der Waals surface area contributed by atoms with Crippen LogP contribution in [-0.4, -0.2) is 17.6 Å². The van der Waals surface area contributed by atoms with E-state index in [1.807, 2.05) is 41.8 Å². The van der Waals surface area contributed by atoms with Crippen molar-refractivity contribution in [3.63, 3.8) is 0 Å². The van der Waals surface area contributed by atoms with Crippen LogP contribution < -0.4 is 15.4 Å². The molecule has 0 fully saturated rings. The van der Waals surface area contributed by atoms with Gasteiger partial charge in [0.25, 0.3) is 0 Å². The maximum atomic E-state index is 11.8. The summed E-state index contributed by atoms with van der Waals surface area (Å²) in [5.74, 6) is 0.559. The van der Waals surface area contributed by atoms with Crippen LogP contribution in [0.1, 0.15) is 24.6 Å². The number of rotatable bonds is 7. The average Bonchev–Trinajstić information content (AvgIpc) is 3.08. The van der Waals surface area contributed by atoms with E-state index in [1.54, 1.807) is 17.4 Å². The molecule has 1 aromatic carbocycles. The Balaban J connectivity index is 1.78. The van der Waals surface area contributed by atoms with E-state index in [-0.39, 0.29) is 11.0 Å². The van der Waals surface area contributed by atoms with Gasteiger partial charge in [-0.1, -0.05) is 19.4 Å². The van der Waals surface area contributed by atoms with Crippen molar-refractivity contribution in [2.24, 2.45) is 0 Å². The topological polar surface area (TPSA) is 50.4 Å². The Kier molecular flexibility index (Phi) is 7.45. The predicted octanol–water partition coefficient (Wildman–Crippen LogP) is 4.45. The number of thiophene rings is 1. The van der Waals surface area contributed by atoms with Crippen LogP contribution in [-0.2, 0) is 4.79 Å². The molecule has 2 aromatic rings. The Labute approximate surface area is 151 Å². The van der Waals surface area contributed by atoms with Crippen LogP contribution in [0.3, 0.4) is 0 Å². The molecular formula is C18H20N2O2S2. The standard InChI is InChI=1S/C18H20N2O2S2/c1-2-3-12-22-15-8-6-14(7-9-15)19-18(23)20-17(21)11-10-16-5-4-13-24-16/h4-11,13H,2-3,12H2,1H3,(H2,19,20,21,23). The van der Waals surface area contributed by atoms with Crippen LogP contribution in [0.2, 0.25) is 0 Å². The van der Waals surface area contributed by atoms with Crippen LogP contribution in [0, 0.1) is 0 Å². The lowest BCUT2D eigenvalue weighted by Crippen LogP contribution is -2.32. The highest BCUT2D eigenvalue weighted by atomic mass is 32.1. The smallest absolute Gasteiger partial charge is 0.250 e. The fourth-order valence-corrected chi connectivity index (χ4v) is 2.67. The van der Waals surface area contributed by atoms with Crippen LogP contribution >= 0.6 is 23.6 Å². The van der Waals surface area contributed by atoms with Gasteiger partial charge in [0.15, 0.2) is 5.11 Å². The Morgan fingerprint density at radius 1 is 1.29 bits per heavy atom. The molecule has 0 aliphatic rings. The Bertz CT molecular complexity index is 680. The molecule has 0 atom stereocenters. The second kappa shape index (κ2) is 9.85. The number of hydrogen-bond acceptors (Lipinski definition) is 4. The van der Waals surface area contributed by atoms with Gasteiger partial charge >= 0.3 is 0 Å². The van der Waals surface area contributed by atoms with Gasteiger partial charge in [-0.15, -0.1) is 11.3 Å². The van der Waals surface area contributed by atoms with Crippen molar-refractivity contribution in [2.75, 3.05) is 11.9 Å². The number of amides is 1. The third-order valence-corrected chi connectivity index (χ3v) is 4.10. The van der Waals surface area contributed by atoms with Gasteiger partial charge in [-0.25, -0.2) is 0 Å². The number of carbonyl (C=O) groups is 1. The number of thiocarbonyl (C=S) groups is 1. The molecule has 0 saturated carbocycles. The van der Waals surface area contributed by atoms with Crippen molar-refractivity contribution in [3.8, 4) is 5.75 Å². The first-order valence-corrected chi connectivity index (χ1v) is 9.02. The summed E-state index contributed by atoms with van der Waals surface area (Å²) in [5.41, 5.74) is 0.797. The number of ether oxygens (including phenoxy) is 1. The Hall–Kier alpha value is -2.18. The summed E-state index contributed by atoms with van der Waals surface area (Å²) >= 11 is 6.71. The third kappa shape index (κ3) is 6.52. The van der Waals surface area contributed by atoms with Gasteiger partial charge in [-0.2, -0.15) is 0 Å². The van der Waals surface area contributed by atoms with E-state index in [0.29, 0.717) is 6.61 Å². The van der Waals surface area contributed by atoms with E-state index in [2.05, 4.69) is 17.6 Å². The van der Waals surface area contributed by atoms with Crippen molar-refractivity contribution >= 4 is 46.3 Å². The van der Waals surface area contributed by atoms with E-state index < -0.39 is 0 Å². The van der Waals surface area contributed by atoms with Crippen molar-refractivity contribution in [3.05, 3.63) is 52.7 Å². The fourth-order valence-electron chi connectivity index (χ4n) is 1.83. The summed E-state index contributed by atoms with van der Waals surface area (Å²) in [7, 11) is 0. The van der Waals surface area contributed by atoms with E-state index in [9.17, 15) is 4.79 Å². The summed E-state index contributed by atoms with van der Waals surface area (Å²) in [4.78, 5) is 12.8. The molecule has 1 heterocycles. The van der Waals surface area contributed by atoms with Gasteiger partial charge in [-0.05, 0) is 60.4 Å². The molecular weight excluding hydrogens is 340 g/mol. The van der Waals surface area contributed by atoms with E-state index in [0.717, 1.165) is 29.2 Å². The number of anilines is 1.